The molecule has 0 radical (unpaired) electrons. The zero-order valence-electron chi connectivity index (χ0n) is 17.9. The van der Waals surface area contributed by atoms with Gasteiger partial charge in [0.15, 0.2) is 0 Å². The van der Waals surface area contributed by atoms with E-state index in [1.165, 1.54) is 12.3 Å². The van der Waals surface area contributed by atoms with Crippen molar-refractivity contribution in [3.63, 3.8) is 0 Å². The summed E-state index contributed by atoms with van der Waals surface area (Å²) in [5.74, 6) is 0.199. The molecule has 0 fully saturated rings. The molecule has 0 unspecified atom stereocenters. The van der Waals surface area contributed by atoms with E-state index < -0.39 is 11.9 Å². The summed E-state index contributed by atoms with van der Waals surface area (Å²) in [5, 5.41) is 12.4. The summed E-state index contributed by atoms with van der Waals surface area (Å²) in [4.78, 5) is 11.9. The number of nitrogens with zero attached hydrogens (tertiary/aromatic N) is 4. The lowest BCUT2D eigenvalue weighted by Gasteiger charge is -2.14. The third-order valence-corrected chi connectivity index (χ3v) is 4.59. The normalized spacial score (nSPS) is 11.0. The Morgan fingerprint density at radius 3 is 2.64 bits per heavy atom. The molecular weight excluding hydrogens is 435 g/mol. The van der Waals surface area contributed by atoms with Gasteiger partial charge in [-0.05, 0) is 31.2 Å². The predicted molar refractivity (Wildman–Crippen MR) is 116 cm³/mol. The van der Waals surface area contributed by atoms with Crippen LogP contribution in [-0.4, -0.2) is 35.3 Å². The van der Waals surface area contributed by atoms with Crippen LogP contribution in [0.25, 0.3) is 16.8 Å². The monoisotopic (exact) mass is 455 g/mol. The number of alkyl halides is 3. The van der Waals surface area contributed by atoms with Crippen molar-refractivity contribution < 1.29 is 22.6 Å². The molecule has 0 aliphatic rings. The van der Waals surface area contributed by atoms with Gasteiger partial charge in [-0.1, -0.05) is 6.58 Å². The minimum absolute atomic E-state index is 0.199. The minimum atomic E-state index is -4.56. The first-order valence-corrected chi connectivity index (χ1v) is 9.71. The first-order valence-electron chi connectivity index (χ1n) is 9.71. The summed E-state index contributed by atoms with van der Waals surface area (Å²) in [7, 11) is 1.54. The summed E-state index contributed by atoms with van der Waals surface area (Å²) in [6, 6.07) is 7.80. The second kappa shape index (κ2) is 10.1. The van der Waals surface area contributed by atoms with E-state index in [-0.39, 0.29) is 29.3 Å². The maximum Gasteiger partial charge on any atom is 0.433 e. The summed E-state index contributed by atoms with van der Waals surface area (Å²) in [6.45, 7) is 6.23. The van der Waals surface area contributed by atoms with Gasteiger partial charge < -0.3 is 14.8 Å². The molecule has 3 aromatic heterocycles. The number of aromatic nitrogens is 3. The standard InChI is InChI=1S/C23H20F3N5O2/c1-14(16-4-5-28-21(9-16)23(24,25)26)31-19-10-20(15(2)29-13-19)18-8-17(11-27)22(30-12-18)33-7-6-32-3/h4-5,8-10,12-13,31H,1,6-7H2,2-3H3. The Morgan fingerprint density at radius 2 is 1.94 bits per heavy atom. The van der Waals surface area contributed by atoms with Crippen LogP contribution in [0.1, 0.15) is 22.5 Å². The van der Waals surface area contributed by atoms with E-state index in [9.17, 15) is 18.4 Å². The number of hydrogen-bond donors (Lipinski definition) is 1. The zero-order chi connectivity index (χ0) is 24.0. The van der Waals surface area contributed by atoms with Gasteiger partial charge >= 0.3 is 6.18 Å². The highest BCUT2D eigenvalue weighted by atomic mass is 19.4. The highest BCUT2D eigenvalue weighted by Gasteiger charge is 2.32. The van der Waals surface area contributed by atoms with Crippen LogP contribution in [0.2, 0.25) is 0 Å². The molecule has 3 aromatic rings. The van der Waals surface area contributed by atoms with Crippen LogP contribution in [0.3, 0.4) is 0 Å². The van der Waals surface area contributed by atoms with E-state index in [1.54, 1.807) is 32.4 Å². The van der Waals surface area contributed by atoms with E-state index in [0.29, 0.717) is 29.1 Å². The average Bonchev–Trinajstić information content (AvgIpc) is 2.80. The van der Waals surface area contributed by atoms with Crippen LogP contribution in [0, 0.1) is 18.3 Å². The average molecular weight is 455 g/mol. The molecule has 10 heteroatoms. The molecular formula is C23H20F3N5O2. The molecule has 0 aliphatic carbocycles. The molecule has 0 aromatic carbocycles. The highest BCUT2D eigenvalue weighted by molar-refractivity contribution is 5.78. The smallest absolute Gasteiger partial charge is 0.433 e. The van der Waals surface area contributed by atoms with Gasteiger partial charge in [0.1, 0.15) is 23.9 Å². The van der Waals surface area contributed by atoms with Crippen molar-refractivity contribution >= 4 is 11.4 Å². The number of rotatable bonds is 8. The van der Waals surface area contributed by atoms with Crippen molar-refractivity contribution in [2.24, 2.45) is 0 Å². The fourth-order valence-corrected chi connectivity index (χ4v) is 2.93. The quantitative estimate of drug-likeness (QED) is 0.486. The van der Waals surface area contributed by atoms with Crippen molar-refractivity contribution in [2.45, 2.75) is 13.1 Å². The number of anilines is 1. The van der Waals surface area contributed by atoms with Gasteiger partial charge in [-0.3, -0.25) is 9.97 Å². The van der Waals surface area contributed by atoms with Gasteiger partial charge in [-0.2, -0.15) is 18.4 Å². The second-order valence-electron chi connectivity index (χ2n) is 6.92. The second-order valence-corrected chi connectivity index (χ2v) is 6.92. The number of ether oxygens (including phenoxy) is 2. The minimum Gasteiger partial charge on any atom is -0.474 e. The predicted octanol–water partition coefficient (Wildman–Crippen LogP) is 4.85. The Morgan fingerprint density at radius 1 is 1.15 bits per heavy atom. The van der Waals surface area contributed by atoms with E-state index in [4.69, 9.17) is 9.47 Å². The third-order valence-electron chi connectivity index (χ3n) is 4.59. The molecule has 1 N–H and O–H groups in total. The number of methoxy groups -OCH3 is 1. The molecule has 0 atom stereocenters. The highest BCUT2D eigenvalue weighted by Crippen LogP contribution is 2.31. The molecule has 7 nitrogen and oxygen atoms in total. The summed E-state index contributed by atoms with van der Waals surface area (Å²) in [5.41, 5.74) is 2.23. The molecule has 0 aliphatic heterocycles. The molecule has 3 heterocycles. The van der Waals surface area contributed by atoms with Gasteiger partial charge in [-0.25, -0.2) is 4.98 Å². The van der Waals surface area contributed by atoms with E-state index in [1.807, 2.05) is 0 Å². The van der Waals surface area contributed by atoms with Crippen molar-refractivity contribution in [3.8, 4) is 23.1 Å². The number of hydrogen-bond acceptors (Lipinski definition) is 7. The zero-order valence-corrected chi connectivity index (χ0v) is 17.9. The maximum absolute atomic E-state index is 13.0. The maximum atomic E-state index is 13.0. The molecule has 0 saturated heterocycles. The van der Waals surface area contributed by atoms with Gasteiger partial charge in [-0.15, -0.1) is 0 Å². The lowest BCUT2D eigenvalue weighted by Crippen LogP contribution is -2.09. The van der Waals surface area contributed by atoms with Gasteiger partial charge in [0.25, 0.3) is 0 Å². The van der Waals surface area contributed by atoms with Crippen molar-refractivity contribution in [1.82, 2.24) is 15.0 Å². The number of nitriles is 1. The van der Waals surface area contributed by atoms with E-state index >= 15 is 0 Å². The Kier molecular flexibility index (Phi) is 7.25. The molecule has 0 saturated carbocycles. The van der Waals surface area contributed by atoms with Crippen LogP contribution < -0.4 is 10.1 Å². The fourth-order valence-electron chi connectivity index (χ4n) is 2.93. The van der Waals surface area contributed by atoms with Crippen LogP contribution in [-0.2, 0) is 10.9 Å². The van der Waals surface area contributed by atoms with Gasteiger partial charge in [0, 0.05) is 47.6 Å². The van der Waals surface area contributed by atoms with E-state index in [2.05, 4.69) is 32.9 Å². The van der Waals surface area contributed by atoms with Crippen molar-refractivity contribution in [2.75, 3.05) is 25.6 Å². The molecule has 170 valence electrons. The SMILES string of the molecule is C=C(Nc1cnc(C)c(-c2cnc(OCCOC)c(C#N)c2)c1)c1ccnc(C(F)(F)F)c1. The molecule has 33 heavy (non-hydrogen) atoms. The number of aryl methyl sites for hydroxylation is 1. The molecule has 0 bridgehead atoms. The Bertz CT molecular complexity index is 1210. The Balaban J connectivity index is 1.86. The number of pyridine rings is 3. The van der Waals surface area contributed by atoms with Crippen LogP contribution in [0.15, 0.2) is 49.4 Å². The van der Waals surface area contributed by atoms with Crippen molar-refractivity contribution in [1.29, 1.82) is 5.26 Å². The summed E-state index contributed by atoms with van der Waals surface area (Å²) < 4.78 is 49.3. The van der Waals surface area contributed by atoms with Gasteiger partial charge in [0.05, 0.1) is 18.5 Å². The third kappa shape index (κ3) is 5.84. The largest absolute Gasteiger partial charge is 0.474 e. The number of halogens is 3. The molecule has 3 rings (SSSR count). The van der Waals surface area contributed by atoms with Gasteiger partial charge in [0.2, 0.25) is 5.88 Å². The molecule has 0 amide bonds. The molecule has 0 spiro atoms. The van der Waals surface area contributed by atoms with Crippen molar-refractivity contribution in [3.05, 3.63) is 71.9 Å². The van der Waals surface area contributed by atoms with E-state index in [0.717, 1.165) is 12.3 Å². The Hall–Kier alpha value is -3.97. The topological polar surface area (TPSA) is 93.0 Å². The lowest BCUT2D eigenvalue weighted by atomic mass is 10.0. The summed E-state index contributed by atoms with van der Waals surface area (Å²) in [6.07, 6.45) is -0.379. The van der Waals surface area contributed by atoms with Crippen LogP contribution >= 0.6 is 0 Å². The van der Waals surface area contributed by atoms with Crippen LogP contribution in [0.5, 0.6) is 5.88 Å². The Labute approximate surface area is 188 Å². The number of nitrogens with one attached hydrogen (secondary N) is 1. The fraction of sp³-hybridized carbons (Fsp3) is 0.217. The first-order chi connectivity index (χ1) is 15.7. The van der Waals surface area contributed by atoms with Crippen LogP contribution in [0.4, 0.5) is 18.9 Å². The lowest BCUT2D eigenvalue weighted by molar-refractivity contribution is -0.141. The summed E-state index contributed by atoms with van der Waals surface area (Å²) >= 11 is 0. The first kappa shape index (κ1) is 23.7.